The molecule has 2 N–H and O–H groups in total. The molecule has 0 radical (unpaired) electrons. The summed E-state index contributed by atoms with van der Waals surface area (Å²) < 4.78 is 0. The average molecular weight is 285 g/mol. The topological polar surface area (TPSA) is 49.3 Å². The van der Waals surface area contributed by atoms with E-state index in [9.17, 15) is 4.79 Å². The van der Waals surface area contributed by atoms with E-state index in [0.29, 0.717) is 0 Å². The first-order chi connectivity index (χ1) is 10.1. The highest BCUT2D eigenvalue weighted by atomic mass is 16.2. The Bertz CT molecular complexity index is 575. The number of aliphatic hydroxyl groups excluding tert-OH is 1. The summed E-state index contributed by atoms with van der Waals surface area (Å²) in [6.07, 6.45) is 5.14. The summed E-state index contributed by atoms with van der Waals surface area (Å²) >= 11 is 0. The molecular formula is C18H23NO2. The minimum atomic E-state index is -0.193. The van der Waals surface area contributed by atoms with Crippen LogP contribution in [0.25, 0.3) is 0 Å². The van der Waals surface area contributed by atoms with Crippen LogP contribution >= 0.6 is 0 Å². The molecule has 2 rings (SSSR count). The van der Waals surface area contributed by atoms with Crippen molar-refractivity contribution in [1.82, 2.24) is 0 Å². The fourth-order valence-corrected chi connectivity index (χ4v) is 3.03. The molecule has 21 heavy (non-hydrogen) atoms. The highest BCUT2D eigenvalue weighted by Crippen LogP contribution is 2.41. The highest BCUT2D eigenvalue weighted by Gasteiger charge is 2.39. The number of amides is 1. The highest BCUT2D eigenvalue weighted by molar-refractivity contribution is 5.95. The van der Waals surface area contributed by atoms with Crippen LogP contribution in [0.1, 0.15) is 50.2 Å². The van der Waals surface area contributed by atoms with Gasteiger partial charge < -0.3 is 10.4 Å². The summed E-state index contributed by atoms with van der Waals surface area (Å²) in [5.74, 6) is 5.70. The van der Waals surface area contributed by atoms with E-state index in [2.05, 4.69) is 24.1 Å². The molecule has 1 amide bonds. The van der Waals surface area contributed by atoms with Gasteiger partial charge in [-0.1, -0.05) is 37.7 Å². The molecule has 0 spiro atoms. The fourth-order valence-electron chi connectivity index (χ4n) is 3.03. The monoisotopic (exact) mass is 285 g/mol. The van der Waals surface area contributed by atoms with E-state index in [1.54, 1.807) is 0 Å². The lowest BCUT2D eigenvalue weighted by molar-refractivity contribution is -0.125. The van der Waals surface area contributed by atoms with E-state index >= 15 is 0 Å². The molecule has 112 valence electrons. The van der Waals surface area contributed by atoms with E-state index in [0.717, 1.165) is 48.9 Å². The number of anilines is 1. The Morgan fingerprint density at radius 3 is 2.71 bits per heavy atom. The molecule has 0 aromatic heterocycles. The van der Waals surface area contributed by atoms with Gasteiger partial charge in [0, 0.05) is 16.7 Å². The molecule has 1 aliphatic carbocycles. The molecule has 1 fully saturated rings. The smallest absolute Gasteiger partial charge is 0.230 e. The minimum absolute atomic E-state index is 0.132. The van der Waals surface area contributed by atoms with Crippen molar-refractivity contribution in [2.24, 2.45) is 5.41 Å². The quantitative estimate of drug-likeness (QED) is 0.838. The lowest BCUT2D eigenvalue weighted by atomic mass is 9.82. The van der Waals surface area contributed by atoms with Crippen LogP contribution in [0.5, 0.6) is 0 Å². The lowest BCUT2D eigenvalue weighted by Crippen LogP contribution is -2.33. The normalized spacial score (nSPS) is 16.1. The number of rotatable bonds is 3. The third kappa shape index (κ3) is 3.46. The number of aliphatic hydroxyl groups is 1. The fraction of sp³-hybridized carbons (Fsp3) is 0.500. The third-order valence-electron chi connectivity index (χ3n) is 4.52. The van der Waals surface area contributed by atoms with Gasteiger partial charge in [-0.15, -0.1) is 0 Å². The van der Waals surface area contributed by atoms with Crippen molar-refractivity contribution in [3.8, 4) is 11.8 Å². The second kappa shape index (κ2) is 6.78. The number of nitrogens with one attached hydrogen (secondary N) is 1. The van der Waals surface area contributed by atoms with Crippen molar-refractivity contribution in [2.45, 2.75) is 46.0 Å². The second-order valence-electron chi connectivity index (χ2n) is 5.78. The minimum Gasteiger partial charge on any atom is -0.384 e. The number of benzene rings is 1. The van der Waals surface area contributed by atoms with Crippen LogP contribution in [0, 0.1) is 24.2 Å². The molecule has 3 nitrogen and oxygen atoms in total. The Morgan fingerprint density at radius 2 is 2.10 bits per heavy atom. The second-order valence-corrected chi connectivity index (χ2v) is 5.78. The van der Waals surface area contributed by atoms with E-state index in [1.807, 2.05) is 25.1 Å². The summed E-state index contributed by atoms with van der Waals surface area (Å²) in [5.41, 5.74) is 2.48. The maximum absolute atomic E-state index is 12.6. The van der Waals surface area contributed by atoms with Gasteiger partial charge in [-0.05, 0) is 43.9 Å². The van der Waals surface area contributed by atoms with Crippen LogP contribution in [-0.2, 0) is 4.79 Å². The first-order valence-electron chi connectivity index (χ1n) is 7.63. The summed E-state index contributed by atoms with van der Waals surface area (Å²) in [4.78, 5) is 12.6. The molecule has 0 atom stereocenters. The van der Waals surface area contributed by atoms with E-state index in [4.69, 9.17) is 5.11 Å². The van der Waals surface area contributed by atoms with Crippen molar-refractivity contribution in [3.05, 3.63) is 29.3 Å². The van der Waals surface area contributed by atoms with E-state index < -0.39 is 0 Å². The van der Waals surface area contributed by atoms with Crippen molar-refractivity contribution in [1.29, 1.82) is 0 Å². The maximum Gasteiger partial charge on any atom is 0.230 e. The van der Waals surface area contributed by atoms with Gasteiger partial charge >= 0.3 is 0 Å². The van der Waals surface area contributed by atoms with Crippen molar-refractivity contribution >= 4 is 11.6 Å². The zero-order chi connectivity index (χ0) is 15.3. The Kier molecular flexibility index (Phi) is 5.03. The maximum atomic E-state index is 12.6. The van der Waals surface area contributed by atoms with Crippen LogP contribution in [-0.4, -0.2) is 17.6 Å². The molecule has 1 aromatic rings. The van der Waals surface area contributed by atoms with Crippen molar-refractivity contribution < 1.29 is 9.90 Å². The number of hydrogen-bond donors (Lipinski definition) is 2. The molecule has 3 heteroatoms. The Hall–Kier alpha value is -1.79. The molecule has 0 saturated heterocycles. The molecular weight excluding hydrogens is 262 g/mol. The Labute approximate surface area is 126 Å². The molecule has 1 aromatic carbocycles. The molecule has 0 bridgehead atoms. The van der Waals surface area contributed by atoms with Crippen LogP contribution in [0.2, 0.25) is 0 Å². The summed E-state index contributed by atoms with van der Waals surface area (Å²) in [7, 11) is 0. The standard InChI is InChI=1S/C18H23NO2/c1-3-18(10-4-5-11-18)17(21)19-16-9-8-14(2)15(13-16)7-6-12-20/h8-9,13,20H,3-5,10-12H2,1-2H3,(H,19,21). The van der Waals surface area contributed by atoms with Crippen molar-refractivity contribution in [3.63, 3.8) is 0 Å². The predicted octanol–water partition coefficient (Wildman–Crippen LogP) is 3.25. The van der Waals surface area contributed by atoms with Crippen LogP contribution < -0.4 is 5.32 Å². The van der Waals surface area contributed by atoms with Gasteiger partial charge in [0.15, 0.2) is 0 Å². The molecule has 1 saturated carbocycles. The van der Waals surface area contributed by atoms with Gasteiger partial charge in [-0.3, -0.25) is 4.79 Å². The van der Waals surface area contributed by atoms with E-state index in [1.165, 1.54) is 0 Å². The first-order valence-corrected chi connectivity index (χ1v) is 7.63. The molecule has 0 heterocycles. The van der Waals surface area contributed by atoms with Gasteiger partial charge in [0.1, 0.15) is 6.61 Å². The van der Waals surface area contributed by atoms with Crippen LogP contribution in [0.3, 0.4) is 0 Å². The Morgan fingerprint density at radius 1 is 1.38 bits per heavy atom. The third-order valence-corrected chi connectivity index (χ3v) is 4.52. The zero-order valence-corrected chi connectivity index (χ0v) is 12.8. The van der Waals surface area contributed by atoms with E-state index in [-0.39, 0.29) is 17.9 Å². The predicted molar refractivity (Wildman–Crippen MR) is 85.0 cm³/mol. The largest absolute Gasteiger partial charge is 0.384 e. The SMILES string of the molecule is CCC1(C(=O)Nc2ccc(C)c(C#CCO)c2)CCCC1. The molecule has 0 aliphatic heterocycles. The van der Waals surface area contributed by atoms with Gasteiger partial charge in [0.05, 0.1) is 0 Å². The number of aryl methyl sites for hydroxylation is 1. The number of carbonyl (C=O) groups excluding carboxylic acids is 1. The summed E-state index contributed by atoms with van der Waals surface area (Å²) in [5, 5.41) is 11.8. The van der Waals surface area contributed by atoms with Crippen LogP contribution in [0.15, 0.2) is 18.2 Å². The molecule has 1 aliphatic rings. The van der Waals surface area contributed by atoms with Gasteiger partial charge in [0.25, 0.3) is 0 Å². The van der Waals surface area contributed by atoms with Gasteiger partial charge in [-0.2, -0.15) is 0 Å². The van der Waals surface area contributed by atoms with Gasteiger partial charge in [0.2, 0.25) is 5.91 Å². The molecule has 0 unspecified atom stereocenters. The Balaban J connectivity index is 2.17. The lowest BCUT2D eigenvalue weighted by Gasteiger charge is -2.26. The zero-order valence-electron chi connectivity index (χ0n) is 12.8. The first kappa shape index (κ1) is 15.6. The van der Waals surface area contributed by atoms with Crippen molar-refractivity contribution in [2.75, 3.05) is 11.9 Å². The number of hydrogen-bond acceptors (Lipinski definition) is 2. The average Bonchev–Trinajstić information content (AvgIpc) is 2.98. The van der Waals surface area contributed by atoms with Crippen LogP contribution in [0.4, 0.5) is 5.69 Å². The summed E-state index contributed by atoms with van der Waals surface area (Å²) in [6, 6.07) is 5.74. The van der Waals surface area contributed by atoms with Gasteiger partial charge in [-0.25, -0.2) is 0 Å². The number of carbonyl (C=O) groups is 1. The summed E-state index contributed by atoms with van der Waals surface area (Å²) in [6.45, 7) is 3.91.